The van der Waals surface area contributed by atoms with E-state index in [1.807, 2.05) is 0 Å². The normalized spacial score (nSPS) is 19.1. The molecule has 2 aromatic heterocycles. The largest absolute Gasteiger partial charge is 0.478 e. The van der Waals surface area contributed by atoms with Crippen LogP contribution in [-0.4, -0.2) is 39.0 Å². The number of hydrogen-bond acceptors (Lipinski definition) is 7. The summed E-state index contributed by atoms with van der Waals surface area (Å²) in [6.45, 7) is 1.60. The number of carbonyl (C=O) groups excluding carboxylic acids is 1. The summed E-state index contributed by atoms with van der Waals surface area (Å²) in [5.41, 5.74) is 13.3. The summed E-state index contributed by atoms with van der Waals surface area (Å²) in [7, 11) is 0. The van der Waals surface area contributed by atoms with E-state index < -0.39 is 11.9 Å². The van der Waals surface area contributed by atoms with Gasteiger partial charge in [0.2, 0.25) is 0 Å². The van der Waals surface area contributed by atoms with Crippen LogP contribution in [0.25, 0.3) is 0 Å². The van der Waals surface area contributed by atoms with Crippen molar-refractivity contribution in [3.63, 3.8) is 0 Å². The second-order valence-corrected chi connectivity index (χ2v) is 6.94. The molecule has 0 bridgehead atoms. The molecular formula is C19H24N6O3. The zero-order valence-corrected chi connectivity index (χ0v) is 15.6. The third kappa shape index (κ3) is 4.37. The maximum atomic E-state index is 11.8. The third-order valence-electron chi connectivity index (χ3n) is 4.87. The Hall–Kier alpha value is -3.20. The van der Waals surface area contributed by atoms with Crippen molar-refractivity contribution in [3.8, 4) is 0 Å². The highest BCUT2D eigenvalue weighted by atomic mass is 16.4. The predicted octanol–water partition coefficient (Wildman–Crippen LogP) is 2.01. The first-order chi connectivity index (χ1) is 13.3. The van der Waals surface area contributed by atoms with E-state index in [0.717, 1.165) is 25.7 Å². The molecule has 7 N–H and O–H groups in total. The van der Waals surface area contributed by atoms with Gasteiger partial charge in [0.25, 0.3) is 5.91 Å². The van der Waals surface area contributed by atoms with Gasteiger partial charge in [0.15, 0.2) is 5.69 Å². The highest BCUT2D eigenvalue weighted by Crippen LogP contribution is 2.26. The molecule has 1 saturated carbocycles. The van der Waals surface area contributed by atoms with Crippen molar-refractivity contribution < 1.29 is 14.7 Å². The van der Waals surface area contributed by atoms with E-state index in [4.69, 9.17) is 16.6 Å². The van der Waals surface area contributed by atoms with E-state index in [2.05, 4.69) is 20.6 Å². The number of nitrogens with two attached hydrogens (primary N) is 2. The Morgan fingerprint density at radius 2 is 2.00 bits per heavy atom. The van der Waals surface area contributed by atoms with E-state index in [9.17, 15) is 9.59 Å². The number of hydrogen-bond donors (Lipinski definition) is 5. The van der Waals surface area contributed by atoms with Crippen molar-refractivity contribution in [2.75, 3.05) is 10.6 Å². The minimum absolute atomic E-state index is 0.0638. The Bertz CT molecular complexity index is 901. The van der Waals surface area contributed by atoms with E-state index in [0.29, 0.717) is 22.9 Å². The van der Waals surface area contributed by atoms with Crippen LogP contribution >= 0.6 is 0 Å². The van der Waals surface area contributed by atoms with Crippen LogP contribution in [0.3, 0.4) is 0 Å². The van der Waals surface area contributed by atoms with Gasteiger partial charge in [-0.25, -0.2) is 14.8 Å². The van der Waals surface area contributed by atoms with Gasteiger partial charge in [-0.3, -0.25) is 4.79 Å². The molecule has 0 saturated heterocycles. The molecule has 0 radical (unpaired) electrons. The van der Waals surface area contributed by atoms with Crippen molar-refractivity contribution in [2.45, 2.75) is 44.7 Å². The summed E-state index contributed by atoms with van der Waals surface area (Å²) in [5, 5.41) is 15.5. The second-order valence-electron chi connectivity index (χ2n) is 6.94. The van der Waals surface area contributed by atoms with Crippen molar-refractivity contribution >= 4 is 29.1 Å². The number of aromatic nitrogens is 2. The van der Waals surface area contributed by atoms with Gasteiger partial charge in [-0.1, -0.05) is 12.8 Å². The minimum atomic E-state index is -1.05. The Morgan fingerprint density at radius 3 is 2.64 bits per heavy atom. The van der Waals surface area contributed by atoms with Gasteiger partial charge in [-0.15, -0.1) is 0 Å². The first-order valence-electron chi connectivity index (χ1n) is 9.15. The molecular weight excluding hydrogens is 360 g/mol. The number of nitrogens with one attached hydrogen (secondary N) is 2. The maximum Gasteiger partial charge on any atom is 0.337 e. The van der Waals surface area contributed by atoms with Gasteiger partial charge >= 0.3 is 5.97 Å². The molecule has 0 aromatic carbocycles. The number of carbonyl (C=O) groups is 2. The summed E-state index contributed by atoms with van der Waals surface area (Å²) in [4.78, 5) is 31.3. The zero-order chi connectivity index (χ0) is 20.3. The number of rotatable bonds is 6. The fourth-order valence-electron chi connectivity index (χ4n) is 3.38. The van der Waals surface area contributed by atoms with E-state index in [1.54, 1.807) is 19.2 Å². The molecule has 1 aliphatic rings. The number of primary amides is 1. The molecule has 28 heavy (non-hydrogen) atoms. The number of carboxylic acids is 1. The van der Waals surface area contributed by atoms with Crippen LogP contribution in [0.1, 0.15) is 52.2 Å². The van der Waals surface area contributed by atoms with Crippen LogP contribution in [-0.2, 0) is 0 Å². The van der Waals surface area contributed by atoms with Crippen molar-refractivity contribution in [1.82, 2.24) is 9.97 Å². The highest BCUT2D eigenvalue weighted by molar-refractivity contribution is 5.97. The molecule has 9 heteroatoms. The molecule has 3 rings (SSSR count). The highest BCUT2D eigenvalue weighted by Gasteiger charge is 2.22. The Labute approximate surface area is 162 Å². The van der Waals surface area contributed by atoms with Crippen LogP contribution in [0.5, 0.6) is 0 Å². The van der Waals surface area contributed by atoms with Crippen LogP contribution in [0.4, 0.5) is 17.2 Å². The average molecular weight is 384 g/mol. The summed E-state index contributed by atoms with van der Waals surface area (Å²) in [5.74, 6) is -1.34. The number of amides is 1. The molecule has 2 aromatic rings. The summed E-state index contributed by atoms with van der Waals surface area (Å²) < 4.78 is 0. The number of pyridine rings is 2. The molecule has 2 atom stereocenters. The van der Waals surface area contributed by atoms with E-state index >= 15 is 0 Å². The second kappa shape index (κ2) is 8.22. The number of carboxylic acid groups (broad SMARTS) is 1. The molecule has 2 heterocycles. The smallest absolute Gasteiger partial charge is 0.337 e. The van der Waals surface area contributed by atoms with E-state index in [1.165, 1.54) is 12.1 Å². The van der Waals surface area contributed by atoms with Crippen LogP contribution in [0.2, 0.25) is 0 Å². The SMILES string of the molecule is Cc1nc(Nc2cc(NC3CCCCC3N)cnc2C(N)=O)ccc1C(=O)O. The first-order valence-corrected chi connectivity index (χ1v) is 9.15. The van der Waals surface area contributed by atoms with Gasteiger partial charge in [-0.2, -0.15) is 0 Å². The molecule has 2 unspecified atom stereocenters. The lowest BCUT2D eigenvalue weighted by atomic mass is 9.91. The topological polar surface area (TPSA) is 156 Å². The summed E-state index contributed by atoms with van der Waals surface area (Å²) in [6.07, 6.45) is 5.73. The van der Waals surface area contributed by atoms with Gasteiger partial charge in [0.1, 0.15) is 5.82 Å². The quantitative estimate of drug-likeness (QED) is 0.506. The van der Waals surface area contributed by atoms with Gasteiger partial charge in [0, 0.05) is 12.1 Å². The fourth-order valence-corrected chi connectivity index (χ4v) is 3.38. The van der Waals surface area contributed by atoms with Gasteiger partial charge < -0.3 is 27.2 Å². The molecule has 0 aliphatic heterocycles. The number of aromatic carboxylic acids is 1. The maximum absolute atomic E-state index is 11.8. The first kappa shape index (κ1) is 19.6. The Balaban J connectivity index is 1.86. The van der Waals surface area contributed by atoms with Crippen LogP contribution in [0, 0.1) is 6.92 Å². The van der Waals surface area contributed by atoms with Gasteiger partial charge in [0.05, 0.1) is 28.8 Å². The lowest BCUT2D eigenvalue weighted by Gasteiger charge is -2.30. The Morgan fingerprint density at radius 1 is 1.25 bits per heavy atom. The zero-order valence-electron chi connectivity index (χ0n) is 15.6. The lowest BCUT2D eigenvalue weighted by molar-refractivity contribution is 0.0695. The van der Waals surface area contributed by atoms with Crippen molar-refractivity contribution in [2.24, 2.45) is 11.5 Å². The molecule has 1 amide bonds. The van der Waals surface area contributed by atoms with Crippen LogP contribution < -0.4 is 22.1 Å². The van der Waals surface area contributed by atoms with Crippen LogP contribution in [0.15, 0.2) is 24.4 Å². The van der Waals surface area contributed by atoms with Crippen molar-refractivity contribution in [1.29, 1.82) is 0 Å². The average Bonchev–Trinajstić information content (AvgIpc) is 2.63. The molecule has 1 fully saturated rings. The summed E-state index contributed by atoms with van der Waals surface area (Å²) in [6, 6.07) is 4.91. The van der Waals surface area contributed by atoms with Crippen molar-refractivity contribution in [3.05, 3.63) is 41.3 Å². The summed E-state index contributed by atoms with van der Waals surface area (Å²) >= 11 is 0. The molecule has 148 valence electrons. The molecule has 9 nitrogen and oxygen atoms in total. The predicted molar refractivity (Wildman–Crippen MR) is 106 cm³/mol. The number of nitrogens with zero attached hydrogens (tertiary/aromatic N) is 2. The third-order valence-corrected chi connectivity index (χ3v) is 4.87. The standard InChI is InChI=1S/C19H24N6O3/c1-10-12(19(27)28)6-7-16(23-10)25-15-8-11(9-22-17(15)18(21)26)24-14-5-3-2-4-13(14)20/h6-9,13-14,24H,2-5,20H2,1H3,(H2,21,26)(H,23,25)(H,27,28). The monoisotopic (exact) mass is 384 g/mol. The minimum Gasteiger partial charge on any atom is -0.478 e. The van der Waals surface area contributed by atoms with E-state index in [-0.39, 0.29) is 23.3 Å². The number of aryl methyl sites for hydroxylation is 1. The molecule has 0 spiro atoms. The van der Waals surface area contributed by atoms with Gasteiger partial charge in [-0.05, 0) is 38.0 Å². The Kier molecular flexibility index (Phi) is 5.74. The fraction of sp³-hybridized carbons (Fsp3) is 0.368. The number of anilines is 3. The molecule has 1 aliphatic carbocycles. The lowest BCUT2D eigenvalue weighted by Crippen LogP contribution is -2.42.